The number of nitrogens with one attached hydrogen (secondary N) is 2. The first kappa shape index (κ1) is 24.4. The molecule has 0 spiro atoms. The van der Waals surface area contributed by atoms with E-state index < -0.39 is 10.0 Å². The third-order valence-corrected chi connectivity index (χ3v) is 7.36. The number of benzene rings is 2. The van der Waals surface area contributed by atoms with Crippen molar-refractivity contribution in [2.75, 3.05) is 31.0 Å². The van der Waals surface area contributed by atoms with Crippen molar-refractivity contribution in [3.63, 3.8) is 0 Å². The first-order valence-electron chi connectivity index (χ1n) is 10.8. The molecule has 2 N–H and O–H groups in total. The van der Waals surface area contributed by atoms with Gasteiger partial charge in [-0.25, -0.2) is 8.42 Å². The van der Waals surface area contributed by atoms with Crippen LogP contribution in [0, 0.1) is 5.92 Å². The Labute approximate surface area is 195 Å². The monoisotopic (exact) mass is 479 g/mol. The second kappa shape index (κ2) is 10.6. The number of hydrogen-bond donors (Lipinski definition) is 2. The van der Waals surface area contributed by atoms with Crippen LogP contribution in [0.25, 0.3) is 0 Å². The first-order valence-corrected chi connectivity index (χ1v) is 12.6. The highest BCUT2D eigenvalue weighted by Gasteiger charge is 2.25. The summed E-state index contributed by atoms with van der Waals surface area (Å²) >= 11 is 6.17. The summed E-state index contributed by atoms with van der Waals surface area (Å²) in [5.41, 5.74) is 0.621. The van der Waals surface area contributed by atoms with E-state index in [2.05, 4.69) is 28.8 Å². The second-order valence-electron chi connectivity index (χ2n) is 8.16. The van der Waals surface area contributed by atoms with Crippen LogP contribution in [0.3, 0.4) is 0 Å². The number of ether oxygens (including phenoxy) is 1. The Hall–Kier alpha value is -2.29. The summed E-state index contributed by atoms with van der Waals surface area (Å²) in [7, 11) is -3.98. The van der Waals surface area contributed by atoms with E-state index in [0.29, 0.717) is 36.5 Å². The minimum Gasteiger partial charge on any atom is -0.494 e. The quantitative estimate of drug-likeness (QED) is 0.567. The summed E-state index contributed by atoms with van der Waals surface area (Å²) < 4.78 is 33.7. The van der Waals surface area contributed by atoms with Crippen LogP contribution in [0.5, 0.6) is 5.75 Å². The highest BCUT2D eigenvalue weighted by atomic mass is 35.5. The summed E-state index contributed by atoms with van der Waals surface area (Å²) in [6.07, 6.45) is 1.03. The van der Waals surface area contributed by atoms with Crippen molar-refractivity contribution in [3.8, 4) is 5.75 Å². The van der Waals surface area contributed by atoms with Gasteiger partial charge in [0.05, 0.1) is 11.6 Å². The Morgan fingerprint density at radius 2 is 1.94 bits per heavy atom. The lowest BCUT2D eigenvalue weighted by atomic mass is 10.1. The number of likely N-dealkylation sites (tertiary alicyclic amines) is 1. The zero-order valence-electron chi connectivity index (χ0n) is 18.6. The number of amides is 1. The molecule has 1 aliphatic rings. The molecule has 1 saturated heterocycles. The first-order chi connectivity index (χ1) is 15.2. The van der Waals surface area contributed by atoms with E-state index in [-0.39, 0.29) is 21.4 Å². The van der Waals surface area contributed by atoms with Crippen molar-refractivity contribution >= 4 is 33.2 Å². The van der Waals surface area contributed by atoms with Gasteiger partial charge in [0, 0.05) is 30.4 Å². The Morgan fingerprint density at radius 3 is 2.56 bits per heavy atom. The molecule has 7 nitrogen and oxygen atoms in total. The van der Waals surface area contributed by atoms with E-state index in [9.17, 15) is 13.2 Å². The fourth-order valence-corrected chi connectivity index (χ4v) is 5.27. The molecule has 0 bridgehead atoms. The summed E-state index contributed by atoms with van der Waals surface area (Å²) in [4.78, 5) is 14.9. The number of anilines is 1. The highest BCUT2D eigenvalue weighted by Crippen LogP contribution is 2.26. The van der Waals surface area contributed by atoms with Gasteiger partial charge in [-0.05, 0) is 82.1 Å². The fraction of sp³-hybridized carbons (Fsp3) is 0.435. The number of nitrogens with zero attached hydrogens (tertiary/aromatic N) is 1. The van der Waals surface area contributed by atoms with Crippen LogP contribution in [-0.2, 0) is 10.0 Å². The van der Waals surface area contributed by atoms with Gasteiger partial charge in [0.2, 0.25) is 0 Å². The average Bonchev–Trinajstić information content (AvgIpc) is 3.23. The highest BCUT2D eigenvalue weighted by molar-refractivity contribution is 7.92. The Morgan fingerprint density at radius 1 is 1.22 bits per heavy atom. The van der Waals surface area contributed by atoms with Crippen LogP contribution in [0.2, 0.25) is 5.02 Å². The Bertz CT molecular complexity index is 1040. The minimum atomic E-state index is -3.98. The molecular formula is C23H30ClN3O4S. The lowest BCUT2D eigenvalue weighted by Crippen LogP contribution is -2.33. The maximum absolute atomic E-state index is 12.9. The molecule has 1 heterocycles. The molecule has 3 rings (SSSR count). The lowest BCUT2D eigenvalue weighted by Gasteiger charge is -2.20. The molecule has 174 valence electrons. The van der Waals surface area contributed by atoms with Gasteiger partial charge in [0.15, 0.2) is 0 Å². The third kappa shape index (κ3) is 6.15. The number of carbonyl (C=O) groups is 1. The molecule has 1 aliphatic heterocycles. The third-order valence-electron chi connectivity index (χ3n) is 5.50. The second-order valence-corrected chi connectivity index (χ2v) is 10.2. The van der Waals surface area contributed by atoms with Crippen LogP contribution in [0.4, 0.5) is 5.69 Å². The standard InChI is InChI=1S/C23H30ClN3O4S/c1-4-31-20-8-6-19(7-9-20)26-32(29,30)22-13-18(5-10-21(22)24)23(28)25-14-17-11-12-27(15-17)16(2)3/h5-10,13,16-17,26H,4,11-12,14-15H2,1-3H3,(H,25,28). The van der Waals surface area contributed by atoms with Crippen molar-refractivity contribution in [1.82, 2.24) is 10.2 Å². The van der Waals surface area contributed by atoms with Crippen LogP contribution in [-0.4, -0.2) is 51.5 Å². The predicted octanol–water partition coefficient (Wildman–Crippen LogP) is 4.00. The summed E-state index contributed by atoms with van der Waals surface area (Å²) in [6.45, 7) is 9.25. The Balaban J connectivity index is 1.68. The van der Waals surface area contributed by atoms with Gasteiger partial charge in [0.25, 0.3) is 15.9 Å². The van der Waals surface area contributed by atoms with Crippen LogP contribution in [0.15, 0.2) is 47.4 Å². The molecule has 1 atom stereocenters. The molecule has 2 aromatic carbocycles. The van der Waals surface area contributed by atoms with Crippen LogP contribution >= 0.6 is 11.6 Å². The molecule has 1 unspecified atom stereocenters. The van der Waals surface area contributed by atoms with E-state index >= 15 is 0 Å². The van der Waals surface area contributed by atoms with E-state index in [1.807, 2.05) is 6.92 Å². The van der Waals surface area contributed by atoms with Gasteiger partial charge in [-0.1, -0.05) is 11.6 Å². The molecule has 0 radical (unpaired) electrons. The molecule has 32 heavy (non-hydrogen) atoms. The van der Waals surface area contributed by atoms with Crippen LogP contribution < -0.4 is 14.8 Å². The molecule has 0 saturated carbocycles. The molecule has 2 aromatic rings. The van der Waals surface area contributed by atoms with E-state index in [0.717, 1.165) is 19.5 Å². The number of halogens is 1. The van der Waals surface area contributed by atoms with Gasteiger partial charge < -0.3 is 15.0 Å². The van der Waals surface area contributed by atoms with Crippen LogP contribution in [0.1, 0.15) is 37.6 Å². The van der Waals surface area contributed by atoms with Crippen molar-refractivity contribution in [3.05, 3.63) is 53.1 Å². The van der Waals surface area contributed by atoms with E-state index in [4.69, 9.17) is 16.3 Å². The van der Waals surface area contributed by atoms with E-state index in [1.165, 1.54) is 18.2 Å². The number of rotatable bonds is 9. The lowest BCUT2D eigenvalue weighted by molar-refractivity contribution is 0.0947. The summed E-state index contributed by atoms with van der Waals surface area (Å²) in [5, 5.41) is 2.97. The van der Waals surface area contributed by atoms with Crippen molar-refractivity contribution in [1.29, 1.82) is 0 Å². The minimum absolute atomic E-state index is 0.0448. The summed E-state index contributed by atoms with van der Waals surface area (Å²) in [6, 6.07) is 11.3. The normalized spacial score (nSPS) is 16.8. The average molecular weight is 480 g/mol. The van der Waals surface area contributed by atoms with Gasteiger partial charge in [-0.3, -0.25) is 9.52 Å². The molecular weight excluding hydrogens is 450 g/mol. The molecule has 9 heteroatoms. The zero-order valence-corrected chi connectivity index (χ0v) is 20.2. The number of sulfonamides is 1. The van der Waals surface area contributed by atoms with Gasteiger partial charge >= 0.3 is 0 Å². The molecule has 1 fully saturated rings. The van der Waals surface area contributed by atoms with Crippen molar-refractivity contribution < 1.29 is 17.9 Å². The Kier molecular flexibility index (Phi) is 8.03. The topological polar surface area (TPSA) is 87.7 Å². The largest absolute Gasteiger partial charge is 0.494 e. The molecule has 1 amide bonds. The molecule has 0 aliphatic carbocycles. The maximum Gasteiger partial charge on any atom is 0.263 e. The molecule has 0 aromatic heterocycles. The zero-order chi connectivity index (χ0) is 23.3. The van der Waals surface area contributed by atoms with E-state index in [1.54, 1.807) is 24.3 Å². The maximum atomic E-state index is 12.9. The van der Waals surface area contributed by atoms with Crippen molar-refractivity contribution in [2.45, 2.75) is 38.1 Å². The van der Waals surface area contributed by atoms with Gasteiger partial charge in [0.1, 0.15) is 10.6 Å². The number of carbonyl (C=O) groups excluding carboxylic acids is 1. The summed E-state index contributed by atoms with van der Waals surface area (Å²) in [5.74, 6) is 0.714. The predicted molar refractivity (Wildman–Crippen MR) is 127 cm³/mol. The smallest absolute Gasteiger partial charge is 0.263 e. The fourth-order valence-electron chi connectivity index (χ4n) is 3.68. The van der Waals surface area contributed by atoms with Crippen molar-refractivity contribution in [2.24, 2.45) is 5.92 Å². The van der Waals surface area contributed by atoms with Gasteiger partial charge in [-0.15, -0.1) is 0 Å². The van der Waals surface area contributed by atoms with Gasteiger partial charge in [-0.2, -0.15) is 0 Å². The SMILES string of the molecule is CCOc1ccc(NS(=O)(=O)c2cc(C(=O)NCC3CCN(C(C)C)C3)ccc2Cl)cc1. The number of hydrogen-bond acceptors (Lipinski definition) is 5.